The van der Waals surface area contributed by atoms with Crippen molar-refractivity contribution in [2.75, 3.05) is 13.6 Å². The predicted octanol–water partition coefficient (Wildman–Crippen LogP) is 2.14. The molecule has 1 unspecified atom stereocenters. The average molecular weight is 358 g/mol. The Kier molecular flexibility index (Phi) is 5.13. The standard InChI is InChI=1S/C18H22N4O2S/c1-11-4-6-13(7-5-11)25-12(2)18(24)22-9-8-15-14(10-22)16(21-20-15)17(23)19-3/h4-7,12H,8-10H2,1-3H3,(H,19,23)(H,20,21). The van der Waals surface area contributed by atoms with Crippen LogP contribution in [0.4, 0.5) is 0 Å². The number of nitrogens with zero attached hydrogens (tertiary/aromatic N) is 2. The molecule has 25 heavy (non-hydrogen) atoms. The number of aryl methyl sites for hydroxylation is 1. The molecule has 0 aliphatic carbocycles. The number of benzene rings is 1. The Morgan fingerprint density at radius 3 is 2.72 bits per heavy atom. The van der Waals surface area contributed by atoms with Crippen LogP contribution in [0.25, 0.3) is 0 Å². The van der Waals surface area contributed by atoms with Crippen molar-refractivity contribution in [2.45, 2.75) is 37.0 Å². The van der Waals surface area contributed by atoms with Gasteiger partial charge in [-0.25, -0.2) is 0 Å². The molecule has 1 aromatic carbocycles. The van der Waals surface area contributed by atoms with Crippen molar-refractivity contribution < 1.29 is 9.59 Å². The number of aromatic nitrogens is 2. The minimum atomic E-state index is -0.228. The third kappa shape index (κ3) is 3.71. The lowest BCUT2D eigenvalue weighted by molar-refractivity contribution is -0.131. The molecule has 2 heterocycles. The van der Waals surface area contributed by atoms with Gasteiger partial charge in [0, 0.05) is 42.7 Å². The predicted molar refractivity (Wildman–Crippen MR) is 97.6 cm³/mol. The van der Waals surface area contributed by atoms with Crippen LogP contribution in [0.5, 0.6) is 0 Å². The Bertz CT molecular complexity index is 785. The van der Waals surface area contributed by atoms with E-state index in [0.717, 1.165) is 16.2 Å². The van der Waals surface area contributed by atoms with Gasteiger partial charge in [0.1, 0.15) is 0 Å². The molecule has 132 valence electrons. The molecule has 1 aliphatic heterocycles. The van der Waals surface area contributed by atoms with Crippen molar-refractivity contribution in [1.82, 2.24) is 20.4 Å². The summed E-state index contributed by atoms with van der Waals surface area (Å²) in [6.45, 7) is 5.03. The van der Waals surface area contributed by atoms with E-state index in [1.807, 2.05) is 43.0 Å². The van der Waals surface area contributed by atoms with Crippen molar-refractivity contribution in [3.05, 3.63) is 46.8 Å². The van der Waals surface area contributed by atoms with Gasteiger partial charge in [0.15, 0.2) is 5.69 Å². The quantitative estimate of drug-likeness (QED) is 0.821. The normalized spacial score (nSPS) is 14.8. The van der Waals surface area contributed by atoms with Crippen LogP contribution in [0.1, 0.15) is 34.2 Å². The second-order valence-corrected chi connectivity index (χ2v) is 7.61. The Balaban J connectivity index is 1.70. The number of hydrogen-bond donors (Lipinski definition) is 2. The van der Waals surface area contributed by atoms with E-state index in [1.165, 1.54) is 5.56 Å². The lowest BCUT2D eigenvalue weighted by Gasteiger charge is -2.29. The maximum atomic E-state index is 12.8. The van der Waals surface area contributed by atoms with Crippen LogP contribution >= 0.6 is 11.8 Å². The number of thioether (sulfide) groups is 1. The Labute approximate surface area is 151 Å². The second kappa shape index (κ2) is 7.31. The van der Waals surface area contributed by atoms with Gasteiger partial charge in [-0.1, -0.05) is 17.7 Å². The molecule has 3 rings (SSSR count). The Hall–Kier alpha value is -2.28. The van der Waals surface area contributed by atoms with E-state index in [2.05, 4.69) is 15.5 Å². The molecular formula is C18H22N4O2S. The highest BCUT2D eigenvalue weighted by atomic mass is 32.2. The van der Waals surface area contributed by atoms with Crippen LogP contribution in [-0.2, 0) is 17.8 Å². The van der Waals surface area contributed by atoms with Gasteiger partial charge in [-0.3, -0.25) is 14.7 Å². The smallest absolute Gasteiger partial charge is 0.271 e. The summed E-state index contributed by atoms with van der Waals surface area (Å²) in [5, 5.41) is 9.44. The summed E-state index contributed by atoms with van der Waals surface area (Å²) >= 11 is 1.56. The van der Waals surface area contributed by atoms with Crippen molar-refractivity contribution in [3.8, 4) is 0 Å². The van der Waals surface area contributed by atoms with Crippen LogP contribution in [0.3, 0.4) is 0 Å². The number of carbonyl (C=O) groups excluding carboxylic acids is 2. The Morgan fingerprint density at radius 2 is 2.04 bits per heavy atom. The summed E-state index contributed by atoms with van der Waals surface area (Å²) in [5.41, 5.74) is 3.36. The number of fused-ring (bicyclic) bond motifs is 1. The van der Waals surface area contributed by atoms with Gasteiger partial charge >= 0.3 is 0 Å². The molecule has 6 nitrogen and oxygen atoms in total. The van der Waals surface area contributed by atoms with Gasteiger partial charge in [0.05, 0.1) is 5.25 Å². The average Bonchev–Trinajstić information content (AvgIpc) is 3.05. The molecule has 0 radical (unpaired) electrons. The van der Waals surface area contributed by atoms with Crippen LogP contribution in [-0.4, -0.2) is 45.8 Å². The lowest BCUT2D eigenvalue weighted by atomic mass is 10.0. The fourth-order valence-electron chi connectivity index (χ4n) is 2.92. The fourth-order valence-corrected chi connectivity index (χ4v) is 3.87. The molecule has 1 aromatic heterocycles. The van der Waals surface area contributed by atoms with Crippen LogP contribution in [0.2, 0.25) is 0 Å². The molecule has 2 aromatic rings. The van der Waals surface area contributed by atoms with Gasteiger partial charge in [0.25, 0.3) is 5.91 Å². The number of rotatable bonds is 4. The van der Waals surface area contributed by atoms with Crippen molar-refractivity contribution >= 4 is 23.6 Å². The summed E-state index contributed by atoms with van der Waals surface area (Å²) < 4.78 is 0. The SMILES string of the molecule is CNC(=O)c1n[nH]c2c1CN(C(=O)C(C)Sc1ccc(C)cc1)CC2. The first-order valence-electron chi connectivity index (χ1n) is 8.30. The molecule has 0 fully saturated rings. The van der Waals surface area contributed by atoms with E-state index >= 15 is 0 Å². The van der Waals surface area contributed by atoms with Crippen LogP contribution in [0, 0.1) is 6.92 Å². The molecule has 1 aliphatic rings. The van der Waals surface area contributed by atoms with Crippen molar-refractivity contribution in [1.29, 1.82) is 0 Å². The molecular weight excluding hydrogens is 336 g/mol. The van der Waals surface area contributed by atoms with E-state index in [9.17, 15) is 9.59 Å². The lowest BCUT2D eigenvalue weighted by Crippen LogP contribution is -2.40. The minimum absolute atomic E-state index is 0.0836. The van der Waals surface area contributed by atoms with E-state index in [1.54, 1.807) is 18.8 Å². The van der Waals surface area contributed by atoms with E-state index < -0.39 is 0 Å². The van der Waals surface area contributed by atoms with E-state index in [-0.39, 0.29) is 17.1 Å². The van der Waals surface area contributed by atoms with Crippen molar-refractivity contribution in [2.24, 2.45) is 0 Å². The van der Waals surface area contributed by atoms with Gasteiger partial charge < -0.3 is 10.2 Å². The van der Waals surface area contributed by atoms with Gasteiger partial charge in [0.2, 0.25) is 5.91 Å². The van der Waals surface area contributed by atoms with Gasteiger partial charge in [-0.05, 0) is 26.0 Å². The molecule has 7 heteroatoms. The number of amides is 2. The summed E-state index contributed by atoms with van der Waals surface area (Å²) in [6, 6.07) is 8.18. The minimum Gasteiger partial charge on any atom is -0.354 e. The van der Waals surface area contributed by atoms with Gasteiger partial charge in [-0.2, -0.15) is 5.10 Å². The highest BCUT2D eigenvalue weighted by Gasteiger charge is 2.29. The number of aromatic amines is 1. The second-order valence-electron chi connectivity index (χ2n) is 6.19. The maximum Gasteiger partial charge on any atom is 0.271 e. The molecule has 0 saturated heterocycles. The first kappa shape index (κ1) is 17.5. The highest BCUT2D eigenvalue weighted by Crippen LogP contribution is 2.27. The third-order valence-electron chi connectivity index (χ3n) is 4.37. The summed E-state index contributed by atoms with van der Waals surface area (Å²) in [6.07, 6.45) is 0.687. The molecule has 0 saturated carbocycles. The van der Waals surface area contributed by atoms with Crippen LogP contribution in [0.15, 0.2) is 29.2 Å². The largest absolute Gasteiger partial charge is 0.354 e. The molecule has 2 N–H and O–H groups in total. The fraction of sp³-hybridized carbons (Fsp3) is 0.389. The number of carbonyl (C=O) groups is 2. The maximum absolute atomic E-state index is 12.8. The molecule has 1 atom stereocenters. The van der Waals surface area contributed by atoms with E-state index in [0.29, 0.717) is 25.2 Å². The van der Waals surface area contributed by atoms with Crippen LogP contribution < -0.4 is 5.32 Å². The van der Waals surface area contributed by atoms with E-state index in [4.69, 9.17) is 0 Å². The first-order valence-corrected chi connectivity index (χ1v) is 9.18. The number of nitrogens with one attached hydrogen (secondary N) is 2. The summed E-state index contributed by atoms with van der Waals surface area (Å²) in [4.78, 5) is 27.6. The monoisotopic (exact) mass is 358 g/mol. The molecule has 0 spiro atoms. The van der Waals surface area contributed by atoms with Crippen molar-refractivity contribution in [3.63, 3.8) is 0 Å². The Morgan fingerprint density at radius 1 is 1.32 bits per heavy atom. The zero-order valence-electron chi connectivity index (χ0n) is 14.6. The summed E-state index contributed by atoms with van der Waals surface area (Å²) in [5.74, 6) is -0.144. The third-order valence-corrected chi connectivity index (χ3v) is 5.47. The topological polar surface area (TPSA) is 78.1 Å². The summed E-state index contributed by atoms with van der Waals surface area (Å²) in [7, 11) is 1.58. The zero-order chi connectivity index (χ0) is 18.0. The first-order chi connectivity index (χ1) is 12.0. The molecule has 2 amide bonds. The van der Waals surface area contributed by atoms with Gasteiger partial charge in [-0.15, -0.1) is 11.8 Å². The number of H-pyrrole nitrogens is 1. The molecule has 0 bridgehead atoms. The highest BCUT2D eigenvalue weighted by molar-refractivity contribution is 8.00. The zero-order valence-corrected chi connectivity index (χ0v) is 15.4. The number of hydrogen-bond acceptors (Lipinski definition) is 4.